The highest BCUT2D eigenvalue weighted by atomic mass is 16.5. The van der Waals surface area contributed by atoms with Gasteiger partial charge in [-0.25, -0.2) is 4.90 Å². The summed E-state index contributed by atoms with van der Waals surface area (Å²) in [4.78, 5) is 18.1. The molecule has 0 aliphatic heterocycles. The Kier molecular flexibility index (Phi) is 5.37. The van der Waals surface area contributed by atoms with E-state index in [2.05, 4.69) is 21.1 Å². The average molecular weight is 327 g/mol. The van der Waals surface area contributed by atoms with Crippen molar-refractivity contribution in [1.29, 1.82) is 5.26 Å². The second-order valence-electron chi connectivity index (χ2n) is 5.56. The van der Waals surface area contributed by atoms with E-state index in [1.165, 1.54) is 4.90 Å². The molecule has 1 heterocycles. The van der Waals surface area contributed by atoms with E-state index in [0.717, 1.165) is 11.3 Å². The zero-order chi connectivity index (χ0) is 17.7. The molecule has 2 rings (SSSR count). The van der Waals surface area contributed by atoms with Crippen LogP contribution >= 0.6 is 0 Å². The van der Waals surface area contributed by atoms with Gasteiger partial charge in [0.05, 0.1) is 13.7 Å². The largest absolute Gasteiger partial charge is 0.497 e. The molecule has 0 fully saturated rings. The lowest BCUT2D eigenvalue weighted by Crippen LogP contribution is -2.24. The molecule has 2 aromatic rings. The smallest absolute Gasteiger partial charge is 0.245 e. The van der Waals surface area contributed by atoms with Gasteiger partial charge in [-0.3, -0.25) is 0 Å². The predicted molar refractivity (Wildman–Crippen MR) is 93.3 cm³/mol. The van der Waals surface area contributed by atoms with Crippen molar-refractivity contribution in [3.63, 3.8) is 0 Å². The Morgan fingerprint density at radius 3 is 1.83 bits per heavy atom. The average Bonchev–Trinajstić information content (AvgIpc) is 2.59. The van der Waals surface area contributed by atoms with Gasteiger partial charge in [0, 0.05) is 28.2 Å². The van der Waals surface area contributed by atoms with Gasteiger partial charge in [0.15, 0.2) is 6.19 Å². The van der Waals surface area contributed by atoms with Gasteiger partial charge in [0.25, 0.3) is 0 Å². The Bertz CT molecular complexity index is 696. The van der Waals surface area contributed by atoms with E-state index in [9.17, 15) is 5.26 Å². The number of hydrogen-bond donors (Lipinski definition) is 0. The SMILES string of the molecule is COc1ccc(CN(C#N)c2nc(N(C)C)nc(N(C)C)n2)cc1. The first-order valence-corrected chi connectivity index (χ1v) is 7.35. The predicted octanol–water partition coefficient (Wildman–Crippen LogP) is 1.50. The van der Waals surface area contributed by atoms with Crippen molar-refractivity contribution in [3.8, 4) is 11.9 Å². The van der Waals surface area contributed by atoms with Gasteiger partial charge >= 0.3 is 0 Å². The summed E-state index contributed by atoms with van der Waals surface area (Å²) in [6.07, 6.45) is 2.14. The minimum absolute atomic E-state index is 0.315. The fraction of sp³-hybridized carbons (Fsp3) is 0.375. The lowest BCUT2D eigenvalue weighted by Gasteiger charge is -2.19. The highest BCUT2D eigenvalue weighted by Crippen LogP contribution is 2.19. The van der Waals surface area contributed by atoms with Crippen LogP contribution in [0.4, 0.5) is 17.8 Å². The van der Waals surface area contributed by atoms with E-state index in [1.807, 2.05) is 52.5 Å². The van der Waals surface area contributed by atoms with Crippen molar-refractivity contribution in [1.82, 2.24) is 15.0 Å². The summed E-state index contributed by atoms with van der Waals surface area (Å²) in [7, 11) is 9.00. The summed E-state index contributed by atoms with van der Waals surface area (Å²) < 4.78 is 5.15. The highest BCUT2D eigenvalue weighted by molar-refractivity contribution is 5.48. The molecular formula is C16H21N7O. The third-order valence-electron chi connectivity index (χ3n) is 3.26. The van der Waals surface area contributed by atoms with E-state index < -0.39 is 0 Å². The van der Waals surface area contributed by atoms with E-state index >= 15 is 0 Å². The topological polar surface area (TPSA) is 81.4 Å². The van der Waals surface area contributed by atoms with Crippen molar-refractivity contribution in [2.45, 2.75) is 6.54 Å². The van der Waals surface area contributed by atoms with Crippen LogP contribution in [0.3, 0.4) is 0 Å². The minimum Gasteiger partial charge on any atom is -0.497 e. The molecule has 24 heavy (non-hydrogen) atoms. The molecule has 0 bridgehead atoms. The molecule has 0 atom stereocenters. The maximum Gasteiger partial charge on any atom is 0.245 e. The third kappa shape index (κ3) is 4.01. The quantitative estimate of drug-likeness (QED) is 0.583. The summed E-state index contributed by atoms with van der Waals surface area (Å²) in [5.74, 6) is 2.08. The van der Waals surface area contributed by atoms with Crippen LogP contribution < -0.4 is 19.4 Å². The van der Waals surface area contributed by atoms with Gasteiger partial charge in [-0.15, -0.1) is 0 Å². The van der Waals surface area contributed by atoms with Gasteiger partial charge in [-0.05, 0) is 17.7 Å². The molecule has 0 amide bonds. The molecule has 1 aromatic heterocycles. The Labute approximate surface area is 141 Å². The van der Waals surface area contributed by atoms with E-state index in [0.29, 0.717) is 24.4 Å². The van der Waals surface area contributed by atoms with Gasteiger partial charge in [0.1, 0.15) is 5.75 Å². The van der Waals surface area contributed by atoms with Gasteiger partial charge in [-0.2, -0.15) is 20.2 Å². The number of methoxy groups -OCH3 is 1. The fourth-order valence-corrected chi connectivity index (χ4v) is 1.93. The molecule has 0 saturated heterocycles. The van der Waals surface area contributed by atoms with Crippen LogP contribution in [0.1, 0.15) is 5.56 Å². The van der Waals surface area contributed by atoms with Crippen LogP contribution in [-0.2, 0) is 6.54 Å². The van der Waals surface area contributed by atoms with Crippen LogP contribution in [0.25, 0.3) is 0 Å². The molecule has 1 aromatic carbocycles. The minimum atomic E-state index is 0.315. The molecule has 0 spiro atoms. The van der Waals surface area contributed by atoms with E-state index in [1.54, 1.807) is 16.9 Å². The lowest BCUT2D eigenvalue weighted by atomic mass is 10.2. The first kappa shape index (κ1) is 17.3. The summed E-state index contributed by atoms with van der Waals surface area (Å²) in [6, 6.07) is 7.53. The van der Waals surface area contributed by atoms with Crippen molar-refractivity contribution in [2.75, 3.05) is 50.0 Å². The summed E-state index contributed by atoms with van der Waals surface area (Å²) in [5, 5.41) is 9.52. The molecule has 8 nitrogen and oxygen atoms in total. The van der Waals surface area contributed by atoms with Crippen molar-refractivity contribution in [3.05, 3.63) is 29.8 Å². The van der Waals surface area contributed by atoms with E-state index in [4.69, 9.17) is 4.74 Å². The Morgan fingerprint density at radius 2 is 1.42 bits per heavy atom. The molecule has 126 valence electrons. The molecule has 0 aliphatic carbocycles. The van der Waals surface area contributed by atoms with Crippen LogP contribution in [0, 0.1) is 11.5 Å². The summed E-state index contributed by atoms with van der Waals surface area (Å²) in [6.45, 7) is 0.365. The highest BCUT2D eigenvalue weighted by Gasteiger charge is 2.16. The monoisotopic (exact) mass is 327 g/mol. The number of nitriles is 1. The number of benzene rings is 1. The fourth-order valence-electron chi connectivity index (χ4n) is 1.93. The van der Waals surface area contributed by atoms with E-state index in [-0.39, 0.29) is 0 Å². The first-order valence-electron chi connectivity index (χ1n) is 7.35. The molecule has 0 unspecified atom stereocenters. The zero-order valence-corrected chi connectivity index (χ0v) is 14.6. The second-order valence-corrected chi connectivity index (χ2v) is 5.56. The number of nitrogens with zero attached hydrogens (tertiary/aromatic N) is 7. The second kappa shape index (κ2) is 7.46. The molecule has 0 saturated carbocycles. The van der Waals surface area contributed by atoms with Gasteiger partial charge < -0.3 is 14.5 Å². The number of hydrogen-bond acceptors (Lipinski definition) is 8. The zero-order valence-electron chi connectivity index (χ0n) is 14.6. The summed E-state index contributed by atoms with van der Waals surface area (Å²) in [5.41, 5.74) is 0.954. The Morgan fingerprint density at radius 1 is 0.917 bits per heavy atom. The van der Waals surface area contributed by atoms with Crippen molar-refractivity contribution < 1.29 is 4.74 Å². The Balaban J connectivity index is 2.33. The van der Waals surface area contributed by atoms with Crippen LogP contribution in [0.15, 0.2) is 24.3 Å². The van der Waals surface area contributed by atoms with Gasteiger partial charge in [0.2, 0.25) is 17.8 Å². The number of ether oxygens (including phenoxy) is 1. The summed E-state index contributed by atoms with van der Waals surface area (Å²) >= 11 is 0. The molecular weight excluding hydrogens is 306 g/mol. The van der Waals surface area contributed by atoms with Gasteiger partial charge in [-0.1, -0.05) is 12.1 Å². The lowest BCUT2D eigenvalue weighted by molar-refractivity contribution is 0.414. The van der Waals surface area contributed by atoms with Crippen molar-refractivity contribution >= 4 is 17.8 Å². The molecule has 0 aliphatic rings. The number of aromatic nitrogens is 3. The van der Waals surface area contributed by atoms with Crippen LogP contribution in [0.2, 0.25) is 0 Å². The van der Waals surface area contributed by atoms with Crippen LogP contribution in [-0.4, -0.2) is 50.3 Å². The maximum absolute atomic E-state index is 9.52. The molecule has 8 heteroatoms. The Hall–Kier alpha value is -3.08. The number of rotatable bonds is 6. The number of anilines is 3. The third-order valence-corrected chi connectivity index (χ3v) is 3.26. The standard InChI is InChI=1S/C16H21N7O/c1-21(2)14-18-15(22(3)4)20-16(19-14)23(11-17)10-12-6-8-13(24-5)9-7-12/h6-9H,10H2,1-5H3. The normalized spacial score (nSPS) is 10.0. The molecule has 0 radical (unpaired) electrons. The first-order chi connectivity index (χ1) is 11.4. The molecule has 0 N–H and O–H groups in total. The van der Waals surface area contributed by atoms with Crippen molar-refractivity contribution in [2.24, 2.45) is 0 Å². The van der Waals surface area contributed by atoms with Crippen LogP contribution in [0.5, 0.6) is 5.75 Å². The maximum atomic E-state index is 9.52.